The molecule has 1 atom stereocenters. The summed E-state index contributed by atoms with van der Waals surface area (Å²) < 4.78 is 0. The van der Waals surface area contributed by atoms with Crippen LogP contribution < -0.4 is 5.32 Å². The maximum Gasteiger partial charge on any atom is 0.0771 e. The van der Waals surface area contributed by atoms with Crippen molar-refractivity contribution in [2.24, 2.45) is 11.3 Å². The Morgan fingerprint density at radius 2 is 1.94 bits per heavy atom. The molecule has 3 heteroatoms. The van der Waals surface area contributed by atoms with Crippen molar-refractivity contribution < 1.29 is 10.2 Å². The molecule has 0 aliphatic heterocycles. The van der Waals surface area contributed by atoms with E-state index < -0.39 is 5.60 Å². The van der Waals surface area contributed by atoms with Crippen molar-refractivity contribution in [3.05, 3.63) is 0 Å². The predicted molar refractivity (Wildman–Crippen MR) is 70.9 cm³/mol. The van der Waals surface area contributed by atoms with Gasteiger partial charge in [0.05, 0.1) is 5.60 Å². The van der Waals surface area contributed by atoms with Gasteiger partial charge in [-0.3, -0.25) is 0 Å². The highest BCUT2D eigenvalue weighted by atomic mass is 16.3. The summed E-state index contributed by atoms with van der Waals surface area (Å²) in [6.07, 6.45) is 5.02. The van der Waals surface area contributed by atoms with E-state index in [4.69, 9.17) is 0 Å². The van der Waals surface area contributed by atoms with Gasteiger partial charge in [0, 0.05) is 25.1 Å². The minimum absolute atomic E-state index is 0.0572. The molecule has 1 fully saturated rings. The Labute approximate surface area is 106 Å². The second-order valence-electron chi connectivity index (χ2n) is 6.33. The van der Waals surface area contributed by atoms with Crippen LogP contribution in [0, 0.1) is 11.3 Å². The van der Waals surface area contributed by atoms with Crippen LogP contribution in [0.1, 0.15) is 52.9 Å². The lowest BCUT2D eigenvalue weighted by molar-refractivity contribution is -0.00908. The van der Waals surface area contributed by atoms with E-state index in [1.54, 1.807) is 0 Å². The van der Waals surface area contributed by atoms with Crippen LogP contribution in [0.4, 0.5) is 0 Å². The first-order chi connectivity index (χ1) is 7.93. The number of aliphatic hydroxyl groups excluding tert-OH is 1. The fourth-order valence-corrected chi connectivity index (χ4v) is 2.37. The third-order valence-electron chi connectivity index (χ3n) is 4.45. The highest BCUT2D eigenvalue weighted by molar-refractivity contribution is 4.87. The fourth-order valence-electron chi connectivity index (χ4n) is 2.37. The molecule has 1 unspecified atom stereocenters. The normalized spacial score (nSPS) is 33.4. The molecule has 1 rings (SSSR count). The molecule has 3 N–H and O–H groups in total. The van der Waals surface area contributed by atoms with Gasteiger partial charge >= 0.3 is 0 Å². The van der Waals surface area contributed by atoms with Crippen LogP contribution in [0.2, 0.25) is 0 Å². The van der Waals surface area contributed by atoms with Crippen LogP contribution in [0.25, 0.3) is 0 Å². The van der Waals surface area contributed by atoms with E-state index in [0.29, 0.717) is 6.54 Å². The number of hydrogen-bond acceptors (Lipinski definition) is 3. The van der Waals surface area contributed by atoms with E-state index in [9.17, 15) is 10.2 Å². The summed E-state index contributed by atoms with van der Waals surface area (Å²) in [5, 5.41) is 23.1. The second kappa shape index (κ2) is 6.17. The summed E-state index contributed by atoms with van der Waals surface area (Å²) in [5.41, 5.74) is -0.574. The molecule has 17 heavy (non-hydrogen) atoms. The van der Waals surface area contributed by atoms with Crippen molar-refractivity contribution in [3.63, 3.8) is 0 Å². The summed E-state index contributed by atoms with van der Waals surface area (Å²) in [4.78, 5) is 0. The summed E-state index contributed by atoms with van der Waals surface area (Å²) in [6, 6.07) is 0. The highest BCUT2D eigenvalue weighted by Crippen LogP contribution is 2.31. The van der Waals surface area contributed by atoms with E-state index in [2.05, 4.69) is 26.1 Å². The molecule has 1 saturated carbocycles. The van der Waals surface area contributed by atoms with Gasteiger partial charge in [-0.15, -0.1) is 0 Å². The molecule has 3 nitrogen and oxygen atoms in total. The molecule has 0 radical (unpaired) electrons. The SMILES string of the molecule is CCC(C)(CO)CNCC1(O)CCC(C)CC1. The van der Waals surface area contributed by atoms with Gasteiger partial charge in [-0.2, -0.15) is 0 Å². The topological polar surface area (TPSA) is 52.5 Å². The Morgan fingerprint density at radius 3 is 2.41 bits per heavy atom. The van der Waals surface area contributed by atoms with Gasteiger partial charge < -0.3 is 15.5 Å². The van der Waals surface area contributed by atoms with E-state index in [-0.39, 0.29) is 12.0 Å². The monoisotopic (exact) mass is 243 g/mol. The largest absolute Gasteiger partial charge is 0.396 e. The third-order valence-corrected chi connectivity index (χ3v) is 4.45. The van der Waals surface area contributed by atoms with Crippen LogP contribution in [-0.4, -0.2) is 35.5 Å². The van der Waals surface area contributed by atoms with Crippen molar-refractivity contribution in [3.8, 4) is 0 Å². The van der Waals surface area contributed by atoms with Crippen molar-refractivity contribution in [1.82, 2.24) is 5.32 Å². The van der Waals surface area contributed by atoms with Gasteiger partial charge in [-0.25, -0.2) is 0 Å². The lowest BCUT2D eigenvalue weighted by Gasteiger charge is -2.36. The molecule has 0 heterocycles. The summed E-state index contributed by atoms with van der Waals surface area (Å²) in [6.45, 7) is 8.06. The molecule has 102 valence electrons. The molecule has 0 aromatic heterocycles. The fraction of sp³-hybridized carbons (Fsp3) is 1.00. The number of rotatable bonds is 6. The molecule has 0 bridgehead atoms. The minimum atomic E-state index is -0.517. The summed E-state index contributed by atoms with van der Waals surface area (Å²) >= 11 is 0. The minimum Gasteiger partial charge on any atom is -0.396 e. The van der Waals surface area contributed by atoms with Crippen molar-refractivity contribution >= 4 is 0 Å². The van der Waals surface area contributed by atoms with E-state index in [0.717, 1.165) is 44.6 Å². The maximum atomic E-state index is 10.4. The molecule has 0 saturated heterocycles. The number of hydrogen-bond donors (Lipinski definition) is 3. The standard InChI is InChI=1S/C14H29NO2/c1-4-13(3,11-16)9-15-10-14(17)7-5-12(2)6-8-14/h12,15-17H,4-11H2,1-3H3. The van der Waals surface area contributed by atoms with Gasteiger partial charge in [0.25, 0.3) is 0 Å². The van der Waals surface area contributed by atoms with Crippen LogP contribution in [0.15, 0.2) is 0 Å². The van der Waals surface area contributed by atoms with Gasteiger partial charge in [0.15, 0.2) is 0 Å². The first-order valence-electron chi connectivity index (χ1n) is 6.97. The highest BCUT2D eigenvalue weighted by Gasteiger charge is 2.32. The Hall–Kier alpha value is -0.120. The smallest absolute Gasteiger partial charge is 0.0771 e. The van der Waals surface area contributed by atoms with Gasteiger partial charge in [-0.05, 0) is 38.0 Å². The van der Waals surface area contributed by atoms with Gasteiger partial charge in [0.1, 0.15) is 0 Å². The molecular formula is C14H29NO2. The lowest BCUT2D eigenvalue weighted by atomic mass is 9.79. The van der Waals surface area contributed by atoms with Crippen molar-refractivity contribution in [2.45, 2.75) is 58.5 Å². The predicted octanol–water partition coefficient (Wildman–Crippen LogP) is 1.93. The second-order valence-corrected chi connectivity index (χ2v) is 6.33. The number of aliphatic hydroxyl groups is 2. The molecule has 1 aliphatic rings. The van der Waals surface area contributed by atoms with E-state index in [1.165, 1.54) is 0 Å². The molecule has 1 aliphatic carbocycles. The van der Waals surface area contributed by atoms with Crippen LogP contribution >= 0.6 is 0 Å². The zero-order valence-electron chi connectivity index (χ0n) is 11.6. The summed E-state index contributed by atoms with van der Waals surface area (Å²) in [5.74, 6) is 0.758. The average molecular weight is 243 g/mol. The van der Waals surface area contributed by atoms with Gasteiger partial charge in [0.2, 0.25) is 0 Å². The first-order valence-corrected chi connectivity index (χ1v) is 6.97. The lowest BCUT2D eigenvalue weighted by Crippen LogP contribution is -2.46. The van der Waals surface area contributed by atoms with Crippen LogP contribution in [-0.2, 0) is 0 Å². The van der Waals surface area contributed by atoms with Crippen LogP contribution in [0.5, 0.6) is 0 Å². The number of nitrogens with one attached hydrogen (secondary N) is 1. The maximum absolute atomic E-state index is 10.4. The summed E-state index contributed by atoms with van der Waals surface area (Å²) in [7, 11) is 0. The van der Waals surface area contributed by atoms with Gasteiger partial charge in [-0.1, -0.05) is 20.8 Å². The Kier molecular flexibility index (Phi) is 5.42. The zero-order chi connectivity index (χ0) is 12.9. The van der Waals surface area contributed by atoms with Crippen molar-refractivity contribution in [2.75, 3.05) is 19.7 Å². The van der Waals surface area contributed by atoms with E-state index in [1.807, 2.05) is 0 Å². The van der Waals surface area contributed by atoms with Crippen molar-refractivity contribution in [1.29, 1.82) is 0 Å². The Bertz CT molecular complexity index is 218. The first kappa shape index (κ1) is 14.9. The quantitative estimate of drug-likeness (QED) is 0.668. The van der Waals surface area contributed by atoms with E-state index >= 15 is 0 Å². The Balaban J connectivity index is 2.30. The Morgan fingerprint density at radius 1 is 1.35 bits per heavy atom. The average Bonchev–Trinajstić information content (AvgIpc) is 2.33. The zero-order valence-corrected chi connectivity index (χ0v) is 11.6. The molecule has 0 spiro atoms. The third kappa shape index (κ3) is 4.57. The molecule has 0 aromatic rings. The molecule has 0 amide bonds. The molecular weight excluding hydrogens is 214 g/mol. The van der Waals surface area contributed by atoms with Crippen LogP contribution in [0.3, 0.4) is 0 Å². The molecule has 0 aromatic carbocycles.